The molecule has 1 aromatic heterocycles. The molecule has 19 heavy (non-hydrogen) atoms. The van der Waals surface area contributed by atoms with Gasteiger partial charge < -0.3 is 5.73 Å². The summed E-state index contributed by atoms with van der Waals surface area (Å²) in [6.07, 6.45) is 0. The van der Waals surface area contributed by atoms with Gasteiger partial charge in [-0.3, -0.25) is 4.68 Å². The van der Waals surface area contributed by atoms with Crippen LogP contribution in [0.15, 0.2) is 18.2 Å². The predicted molar refractivity (Wildman–Crippen MR) is 74.8 cm³/mol. The van der Waals surface area contributed by atoms with Gasteiger partial charge in [-0.2, -0.15) is 5.10 Å². The molecule has 1 atom stereocenters. The van der Waals surface area contributed by atoms with Gasteiger partial charge >= 0.3 is 0 Å². The van der Waals surface area contributed by atoms with E-state index in [4.69, 9.17) is 17.3 Å². The number of nitrogens with two attached hydrogens (primary N) is 1. The van der Waals surface area contributed by atoms with Crippen LogP contribution < -0.4 is 5.73 Å². The van der Waals surface area contributed by atoms with Crippen molar-refractivity contribution in [2.75, 3.05) is 0 Å². The van der Waals surface area contributed by atoms with Crippen LogP contribution in [-0.2, 0) is 6.54 Å². The van der Waals surface area contributed by atoms with Gasteiger partial charge in [0.05, 0.1) is 12.2 Å². The second-order valence-corrected chi connectivity index (χ2v) is 5.17. The summed E-state index contributed by atoms with van der Waals surface area (Å²) >= 11 is 6.08. The van der Waals surface area contributed by atoms with E-state index in [-0.39, 0.29) is 11.9 Å². The van der Waals surface area contributed by atoms with E-state index in [0.29, 0.717) is 17.1 Å². The van der Waals surface area contributed by atoms with E-state index in [1.165, 1.54) is 12.1 Å². The first-order valence-corrected chi connectivity index (χ1v) is 6.51. The van der Waals surface area contributed by atoms with Crippen LogP contribution in [0, 0.1) is 19.7 Å². The molecule has 2 aromatic rings. The Hall–Kier alpha value is -1.39. The zero-order valence-electron chi connectivity index (χ0n) is 11.2. The van der Waals surface area contributed by atoms with Crippen molar-refractivity contribution < 1.29 is 4.39 Å². The highest BCUT2D eigenvalue weighted by Crippen LogP contribution is 2.23. The summed E-state index contributed by atoms with van der Waals surface area (Å²) in [5.41, 5.74) is 9.58. The van der Waals surface area contributed by atoms with E-state index in [0.717, 1.165) is 17.0 Å². The van der Waals surface area contributed by atoms with Crippen molar-refractivity contribution in [3.8, 4) is 0 Å². The molecule has 0 aliphatic heterocycles. The van der Waals surface area contributed by atoms with Gasteiger partial charge in [0.2, 0.25) is 0 Å². The Labute approximate surface area is 117 Å². The molecule has 0 saturated carbocycles. The van der Waals surface area contributed by atoms with Crippen LogP contribution >= 0.6 is 11.6 Å². The maximum Gasteiger partial charge on any atom is 0.123 e. The molecule has 1 unspecified atom stereocenters. The number of aryl methyl sites for hydroxylation is 1. The zero-order valence-corrected chi connectivity index (χ0v) is 12.0. The molecular weight excluding hydrogens is 265 g/mol. The largest absolute Gasteiger partial charge is 0.324 e. The molecule has 102 valence electrons. The molecule has 1 aromatic carbocycles. The molecule has 1 heterocycles. The van der Waals surface area contributed by atoms with Gasteiger partial charge in [0.15, 0.2) is 0 Å². The Balaban J connectivity index is 2.39. The number of nitrogens with zero attached hydrogens (tertiary/aromatic N) is 2. The third-order valence-electron chi connectivity index (χ3n) is 3.22. The van der Waals surface area contributed by atoms with E-state index in [2.05, 4.69) is 5.10 Å². The van der Waals surface area contributed by atoms with Gasteiger partial charge in [-0.25, -0.2) is 4.39 Å². The average molecular weight is 282 g/mol. The van der Waals surface area contributed by atoms with Crippen molar-refractivity contribution >= 4 is 11.6 Å². The predicted octanol–water partition coefficient (Wildman–Crippen LogP) is 3.36. The lowest BCUT2D eigenvalue weighted by Gasteiger charge is -2.09. The molecule has 3 nitrogen and oxygen atoms in total. The molecule has 0 bridgehead atoms. The second-order valence-electron chi connectivity index (χ2n) is 4.77. The number of benzene rings is 1. The highest BCUT2D eigenvalue weighted by atomic mass is 35.5. The summed E-state index contributed by atoms with van der Waals surface area (Å²) in [4.78, 5) is 0. The van der Waals surface area contributed by atoms with Crippen molar-refractivity contribution in [1.29, 1.82) is 0 Å². The molecule has 0 saturated heterocycles. The van der Waals surface area contributed by atoms with Crippen LogP contribution in [0.2, 0.25) is 5.02 Å². The normalized spacial score (nSPS) is 12.7. The summed E-state index contributed by atoms with van der Waals surface area (Å²) in [6, 6.07) is 4.27. The Morgan fingerprint density at radius 3 is 2.68 bits per heavy atom. The van der Waals surface area contributed by atoms with E-state index in [1.807, 2.05) is 25.5 Å². The SMILES string of the molecule is Cc1nn(Cc2cc(F)ccc2Cl)c(C)c1C(C)N. The summed E-state index contributed by atoms with van der Waals surface area (Å²) in [6.45, 7) is 6.26. The summed E-state index contributed by atoms with van der Waals surface area (Å²) < 4.78 is 15.1. The minimum Gasteiger partial charge on any atom is -0.324 e. The van der Waals surface area contributed by atoms with Gasteiger partial charge in [0.1, 0.15) is 5.82 Å². The molecule has 2 rings (SSSR count). The van der Waals surface area contributed by atoms with Crippen LogP contribution in [0.25, 0.3) is 0 Å². The van der Waals surface area contributed by atoms with E-state index in [9.17, 15) is 4.39 Å². The zero-order chi connectivity index (χ0) is 14.2. The Kier molecular flexibility index (Phi) is 3.92. The van der Waals surface area contributed by atoms with E-state index in [1.54, 1.807) is 6.07 Å². The van der Waals surface area contributed by atoms with Crippen molar-refractivity contribution in [3.05, 3.63) is 51.6 Å². The van der Waals surface area contributed by atoms with Crippen LogP contribution in [0.5, 0.6) is 0 Å². The molecule has 0 spiro atoms. The minimum absolute atomic E-state index is 0.0725. The van der Waals surface area contributed by atoms with Crippen molar-refractivity contribution in [3.63, 3.8) is 0 Å². The smallest absolute Gasteiger partial charge is 0.123 e. The lowest BCUT2D eigenvalue weighted by molar-refractivity contribution is 0.615. The highest BCUT2D eigenvalue weighted by molar-refractivity contribution is 6.31. The van der Waals surface area contributed by atoms with Crippen LogP contribution in [-0.4, -0.2) is 9.78 Å². The quantitative estimate of drug-likeness (QED) is 0.937. The van der Waals surface area contributed by atoms with E-state index < -0.39 is 0 Å². The molecule has 0 amide bonds. The summed E-state index contributed by atoms with van der Waals surface area (Å²) in [5, 5.41) is 4.99. The lowest BCUT2D eigenvalue weighted by Crippen LogP contribution is -2.09. The summed E-state index contributed by atoms with van der Waals surface area (Å²) in [5.74, 6) is -0.298. The third-order valence-corrected chi connectivity index (χ3v) is 3.59. The Morgan fingerprint density at radius 2 is 2.11 bits per heavy atom. The molecule has 2 N–H and O–H groups in total. The van der Waals surface area contributed by atoms with Crippen molar-refractivity contribution in [2.24, 2.45) is 5.73 Å². The first-order valence-electron chi connectivity index (χ1n) is 6.13. The number of halogens is 2. The number of aromatic nitrogens is 2. The number of hydrogen-bond acceptors (Lipinski definition) is 2. The number of hydrogen-bond donors (Lipinski definition) is 1. The second kappa shape index (κ2) is 5.31. The fourth-order valence-corrected chi connectivity index (χ4v) is 2.53. The van der Waals surface area contributed by atoms with Gasteiger partial charge in [-0.15, -0.1) is 0 Å². The van der Waals surface area contributed by atoms with Gasteiger partial charge in [-0.05, 0) is 44.5 Å². The average Bonchev–Trinajstić information content (AvgIpc) is 2.59. The standard InChI is InChI=1S/C14H17ClFN3/c1-8(17)14-9(2)18-19(10(14)3)7-11-6-12(16)4-5-13(11)15/h4-6,8H,7,17H2,1-3H3. The maximum absolute atomic E-state index is 13.3. The number of rotatable bonds is 3. The Bertz CT molecular complexity index is 605. The molecule has 0 fully saturated rings. The summed E-state index contributed by atoms with van der Waals surface area (Å²) in [7, 11) is 0. The van der Waals surface area contributed by atoms with E-state index >= 15 is 0 Å². The maximum atomic E-state index is 13.3. The molecular formula is C14H17ClFN3. The third kappa shape index (κ3) is 2.80. The molecule has 0 aliphatic rings. The fraction of sp³-hybridized carbons (Fsp3) is 0.357. The van der Waals surface area contributed by atoms with Gasteiger partial charge in [0.25, 0.3) is 0 Å². The highest BCUT2D eigenvalue weighted by Gasteiger charge is 2.15. The van der Waals surface area contributed by atoms with Crippen LogP contribution in [0.3, 0.4) is 0 Å². The molecule has 5 heteroatoms. The van der Waals surface area contributed by atoms with Crippen molar-refractivity contribution in [1.82, 2.24) is 9.78 Å². The first kappa shape index (κ1) is 14.0. The van der Waals surface area contributed by atoms with Crippen molar-refractivity contribution in [2.45, 2.75) is 33.4 Å². The molecule has 0 radical (unpaired) electrons. The topological polar surface area (TPSA) is 43.8 Å². The first-order chi connectivity index (χ1) is 8.90. The van der Waals surface area contributed by atoms with Crippen LogP contribution in [0.4, 0.5) is 4.39 Å². The van der Waals surface area contributed by atoms with Gasteiger partial charge in [-0.1, -0.05) is 11.6 Å². The fourth-order valence-electron chi connectivity index (χ4n) is 2.35. The minimum atomic E-state index is -0.298. The van der Waals surface area contributed by atoms with Gasteiger partial charge in [0, 0.05) is 22.3 Å². The monoisotopic (exact) mass is 281 g/mol. The molecule has 0 aliphatic carbocycles. The lowest BCUT2D eigenvalue weighted by atomic mass is 10.1. The van der Waals surface area contributed by atoms with Crippen LogP contribution in [0.1, 0.15) is 35.5 Å². The Morgan fingerprint density at radius 1 is 1.42 bits per heavy atom.